The van der Waals surface area contributed by atoms with Crippen LogP contribution in [0.1, 0.15) is 58.8 Å². The van der Waals surface area contributed by atoms with E-state index in [0.717, 1.165) is 0 Å². The topological polar surface area (TPSA) is 284 Å². The molecule has 14 N–H and O–H groups in total. The molecule has 0 radical (unpaired) electrons. The number of carbonyl (C=O) groups is 5. The van der Waals surface area contributed by atoms with Crippen LogP contribution in [-0.2, 0) is 24.0 Å². The van der Waals surface area contributed by atoms with Crippen molar-refractivity contribution in [2.75, 3.05) is 13.1 Å². The highest BCUT2D eigenvalue weighted by molar-refractivity contribution is 5.95. The predicted octanol–water partition coefficient (Wildman–Crippen LogP) is -3.04. The summed E-state index contributed by atoms with van der Waals surface area (Å²) >= 11 is 0. The van der Waals surface area contributed by atoms with E-state index in [2.05, 4.69) is 20.9 Å². The van der Waals surface area contributed by atoms with E-state index in [1.807, 2.05) is 13.8 Å². The number of amides is 4. The number of primary amides is 1. The van der Waals surface area contributed by atoms with Crippen molar-refractivity contribution in [1.29, 1.82) is 0 Å². The molecule has 0 spiro atoms. The van der Waals surface area contributed by atoms with Crippen molar-refractivity contribution < 1.29 is 29.1 Å². The number of hydrogen-bond donors (Lipinski definition) is 9. The number of rotatable bonds is 19. The van der Waals surface area contributed by atoms with E-state index in [-0.39, 0.29) is 37.7 Å². The van der Waals surface area contributed by atoms with Gasteiger partial charge in [-0.25, -0.2) is 4.79 Å². The average Bonchev–Trinajstić information content (AvgIpc) is 2.78. The summed E-state index contributed by atoms with van der Waals surface area (Å²) in [7, 11) is 0. The summed E-state index contributed by atoms with van der Waals surface area (Å²) in [6.07, 6.45) is 1.46. The molecule has 0 aliphatic heterocycles. The van der Waals surface area contributed by atoms with Gasteiger partial charge in [-0.15, -0.1) is 0 Å². The van der Waals surface area contributed by atoms with E-state index in [4.69, 9.17) is 28.7 Å². The van der Waals surface area contributed by atoms with Crippen molar-refractivity contribution >= 4 is 35.6 Å². The van der Waals surface area contributed by atoms with Crippen LogP contribution in [0.2, 0.25) is 0 Å². The molecule has 0 saturated carbocycles. The molecule has 4 unspecified atom stereocenters. The molecule has 15 nitrogen and oxygen atoms in total. The number of nitrogens with one attached hydrogen (secondary N) is 3. The molecule has 4 atom stereocenters. The molecule has 0 saturated heterocycles. The quantitative estimate of drug-likeness (QED) is 0.0463. The summed E-state index contributed by atoms with van der Waals surface area (Å²) in [6, 6.07) is -4.62. The fraction of sp³-hybridized carbons (Fsp3) is 0.727. The Kier molecular flexibility index (Phi) is 16.2. The Hall–Kier alpha value is -3.46. The lowest BCUT2D eigenvalue weighted by atomic mass is 10.0. The van der Waals surface area contributed by atoms with Crippen molar-refractivity contribution in [3.8, 4) is 0 Å². The molecule has 0 rings (SSSR count). The fourth-order valence-corrected chi connectivity index (χ4v) is 3.36. The van der Waals surface area contributed by atoms with Crippen LogP contribution in [0.3, 0.4) is 0 Å². The van der Waals surface area contributed by atoms with Gasteiger partial charge in [-0.3, -0.25) is 24.2 Å². The van der Waals surface area contributed by atoms with Crippen LogP contribution >= 0.6 is 0 Å². The van der Waals surface area contributed by atoms with Gasteiger partial charge in [-0.1, -0.05) is 13.8 Å². The number of carboxylic acids is 1. The molecule has 212 valence electrons. The third-order valence-corrected chi connectivity index (χ3v) is 5.24. The van der Waals surface area contributed by atoms with Crippen LogP contribution in [0.4, 0.5) is 0 Å². The minimum absolute atomic E-state index is 0.0320. The zero-order chi connectivity index (χ0) is 28.5. The maximum Gasteiger partial charge on any atom is 0.326 e. The normalized spacial score (nSPS) is 14.1. The molecule has 0 aliphatic carbocycles. The van der Waals surface area contributed by atoms with Crippen LogP contribution in [0, 0.1) is 5.92 Å². The van der Waals surface area contributed by atoms with Crippen molar-refractivity contribution in [1.82, 2.24) is 16.0 Å². The lowest BCUT2D eigenvalue weighted by Gasteiger charge is -2.26. The highest BCUT2D eigenvalue weighted by Crippen LogP contribution is 2.09. The number of nitrogens with zero attached hydrogens (tertiary/aromatic N) is 1. The van der Waals surface area contributed by atoms with Crippen LogP contribution in [0.25, 0.3) is 0 Å². The highest BCUT2D eigenvalue weighted by atomic mass is 16.4. The second-order valence-corrected chi connectivity index (χ2v) is 9.16. The summed E-state index contributed by atoms with van der Waals surface area (Å²) in [5.41, 5.74) is 26.8. The zero-order valence-corrected chi connectivity index (χ0v) is 21.6. The molecule has 0 aromatic rings. The van der Waals surface area contributed by atoms with Gasteiger partial charge in [-0.2, -0.15) is 0 Å². The number of unbranched alkanes of at least 4 members (excludes halogenated alkanes) is 1. The van der Waals surface area contributed by atoms with Crippen LogP contribution in [-0.4, -0.2) is 77.9 Å². The van der Waals surface area contributed by atoms with Gasteiger partial charge < -0.3 is 49.7 Å². The first kappa shape index (κ1) is 33.5. The molecular formula is C22H43N9O6. The van der Waals surface area contributed by atoms with Gasteiger partial charge in [0.25, 0.3) is 0 Å². The number of aliphatic imine (C=N–C) groups is 1. The number of nitrogens with two attached hydrogens (primary N) is 5. The monoisotopic (exact) mass is 529 g/mol. The van der Waals surface area contributed by atoms with E-state index >= 15 is 0 Å². The number of carbonyl (C=O) groups excluding carboxylic acids is 4. The molecule has 15 heteroatoms. The SMILES string of the molecule is CC(C)CC(NC(=O)C(CCCN=C(N)N)NC(=O)C(N)CC(N)=O)C(=O)NC(CCCCN)C(=O)O. The number of hydrogen-bond acceptors (Lipinski definition) is 8. The van der Waals surface area contributed by atoms with Gasteiger partial charge in [0.1, 0.15) is 18.1 Å². The first-order valence-electron chi connectivity index (χ1n) is 12.2. The Morgan fingerprint density at radius 2 is 1.35 bits per heavy atom. The Labute approximate surface area is 216 Å². The van der Waals surface area contributed by atoms with Crippen LogP contribution in [0.5, 0.6) is 0 Å². The Balaban J connectivity index is 5.59. The third-order valence-electron chi connectivity index (χ3n) is 5.24. The molecule has 0 heterocycles. The number of carboxylic acid groups (broad SMARTS) is 1. The largest absolute Gasteiger partial charge is 0.480 e. The Morgan fingerprint density at radius 1 is 0.811 bits per heavy atom. The summed E-state index contributed by atoms with van der Waals surface area (Å²) in [5, 5.41) is 17.0. The van der Waals surface area contributed by atoms with E-state index < -0.39 is 60.2 Å². The fourth-order valence-electron chi connectivity index (χ4n) is 3.36. The minimum atomic E-state index is -1.27. The number of aliphatic carboxylic acids is 1. The van der Waals surface area contributed by atoms with Gasteiger partial charge in [0, 0.05) is 6.54 Å². The van der Waals surface area contributed by atoms with Crippen molar-refractivity contribution in [3.05, 3.63) is 0 Å². The smallest absolute Gasteiger partial charge is 0.326 e. The highest BCUT2D eigenvalue weighted by Gasteiger charge is 2.30. The average molecular weight is 530 g/mol. The van der Waals surface area contributed by atoms with Gasteiger partial charge in [0.2, 0.25) is 23.6 Å². The molecule has 0 bridgehead atoms. The van der Waals surface area contributed by atoms with E-state index in [1.165, 1.54) is 0 Å². The van der Waals surface area contributed by atoms with Gasteiger partial charge >= 0.3 is 5.97 Å². The molecule has 4 amide bonds. The van der Waals surface area contributed by atoms with E-state index in [1.54, 1.807) is 0 Å². The maximum atomic E-state index is 13.1. The molecular weight excluding hydrogens is 486 g/mol. The first-order valence-corrected chi connectivity index (χ1v) is 12.2. The minimum Gasteiger partial charge on any atom is -0.480 e. The van der Waals surface area contributed by atoms with Crippen molar-refractivity contribution in [2.24, 2.45) is 39.6 Å². The van der Waals surface area contributed by atoms with Gasteiger partial charge in [0.15, 0.2) is 5.96 Å². The van der Waals surface area contributed by atoms with Crippen molar-refractivity contribution in [2.45, 2.75) is 83.0 Å². The first-order chi connectivity index (χ1) is 17.3. The van der Waals surface area contributed by atoms with Crippen LogP contribution < -0.4 is 44.6 Å². The predicted molar refractivity (Wildman–Crippen MR) is 137 cm³/mol. The van der Waals surface area contributed by atoms with Crippen molar-refractivity contribution in [3.63, 3.8) is 0 Å². The second-order valence-electron chi connectivity index (χ2n) is 9.16. The summed E-state index contributed by atoms with van der Waals surface area (Å²) in [5.74, 6) is -4.30. The van der Waals surface area contributed by atoms with Gasteiger partial charge in [0.05, 0.1) is 12.5 Å². The van der Waals surface area contributed by atoms with E-state index in [9.17, 15) is 29.1 Å². The molecule has 37 heavy (non-hydrogen) atoms. The van der Waals surface area contributed by atoms with E-state index in [0.29, 0.717) is 25.8 Å². The molecule has 0 aromatic heterocycles. The summed E-state index contributed by atoms with van der Waals surface area (Å²) < 4.78 is 0. The summed E-state index contributed by atoms with van der Waals surface area (Å²) in [6.45, 7) is 4.24. The molecule has 0 aromatic carbocycles. The zero-order valence-electron chi connectivity index (χ0n) is 21.6. The number of guanidine groups is 1. The Morgan fingerprint density at radius 3 is 1.86 bits per heavy atom. The maximum absolute atomic E-state index is 13.1. The third kappa shape index (κ3) is 15.3. The molecule has 0 aliphatic rings. The summed E-state index contributed by atoms with van der Waals surface area (Å²) in [4.78, 5) is 65.1. The Bertz CT molecular complexity index is 802. The molecule has 0 fully saturated rings. The van der Waals surface area contributed by atoms with Gasteiger partial charge in [-0.05, 0) is 51.0 Å². The lowest BCUT2D eigenvalue weighted by molar-refractivity contribution is -0.142. The van der Waals surface area contributed by atoms with Crippen LogP contribution in [0.15, 0.2) is 4.99 Å². The lowest BCUT2D eigenvalue weighted by Crippen LogP contribution is -2.57. The standard InChI is InChI=1S/C22H43N9O6/c1-12(2)10-16(20(35)30-15(21(36)37)6-3-4-8-23)31-19(34)14(7-5-9-28-22(26)27)29-18(33)13(24)11-17(25)32/h12-16H,3-11,23-24H2,1-2H3,(H2,25,32)(H,29,33)(H,30,35)(H,31,34)(H,36,37)(H4,26,27,28). The second kappa shape index (κ2) is 17.9.